The van der Waals surface area contributed by atoms with Crippen LogP contribution in [0.3, 0.4) is 0 Å². The number of nitrogens with zero attached hydrogens (tertiary/aromatic N) is 3. The molecule has 0 unspecified atom stereocenters. The predicted octanol–water partition coefficient (Wildman–Crippen LogP) is 1.26. The van der Waals surface area contributed by atoms with Crippen LogP contribution in [0.25, 0.3) is 0 Å². The summed E-state index contributed by atoms with van der Waals surface area (Å²) in [7, 11) is 1.90. The van der Waals surface area contributed by atoms with Crippen LogP contribution in [-0.2, 0) is 16.1 Å². The third-order valence-corrected chi connectivity index (χ3v) is 4.12. The summed E-state index contributed by atoms with van der Waals surface area (Å²) in [5.74, 6) is 0.500. The molecule has 0 aromatic carbocycles. The first-order valence-electron chi connectivity index (χ1n) is 8.74. The minimum atomic E-state index is -0.193. The largest absolute Gasteiger partial charge is 0.472 e. The van der Waals surface area contributed by atoms with Gasteiger partial charge in [-0.3, -0.25) is 14.7 Å². The summed E-state index contributed by atoms with van der Waals surface area (Å²) < 4.78 is 11.5. The van der Waals surface area contributed by atoms with Gasteiger partial charge in [0.1, 0.15) is 6.10 Å². The fraction of sp³-hybridized carbons (Fsp3) is 0.421. The molecule has 1 saturated heterocycles. The van der Waals surface area contributed by atoms with Crippen molar-refractivity contribution in [2.24, 2.45) is 0 Å². The number of pyridine rings is 2. The van der Waals surface area contributed by atoms with Crippen LogP contribution in [0, 0.1) is 0 Å². The number of aromatic nitrogens is 2. The summed E-state index contributed by atoms with van der Waals surface area (Å²) in [5, 5.41) is 3.03. The highest BCUT2D eigenvalue weighted by Crippen LogP contribution is 2.16. The van der Waals surface area contributed by atoms with Crippen molar-refractivity contribution in [3.05, 3.63) is 54.5 Å². The first-order valence-corrected chi connectivity index (χ1v) is 8.74. The Bertz CT molecular complexity index is 684. The van der Waals surface area contributed by atoms with E-state index < -0.39 is 0 Å². The minimum Gasteiger partial charge on any atom is -0.472 e. The summed E-state index contributed by atoms with van der Waals surface area (Å²) in [6.45, 7) is 1.95. The van der Waals surface area contributed by atoms with Crippen LogP contribution in [0.15, 0.2) is 48.8 Å². The Hall–Kier alpha value is -2.51. The lowest BCUT2D eigenvalue weighted by Gasteiger charge is -2.32. The van der Waals surface area contributed by atoms with Gasteiger partial charge in [-0.1, -0.05) is 12.1 Å². The zero-order chi connectivity index (χ0) is 18.2. The van der Waals surface area contributed by atoms with Crippen LogP contribution in [-0.4, -0.2) is 59.7 Å². The molecule has 2 aromatic rings. The number of likely N-dealkylation sites (N-methyl/N-ethyl adjacent to an activating group) is 1. The van der Waals surface area contributed by atoms with Crippen LogP contribution in [0.5, 0.6) is 5.88 Å². The van der Waals surface area contributed by atoms with E-state index in [1.54, 1.807) is 12.4 Å². The van der Waals surface area contributed by atoms with Gasteiger partial charge < -0.3 is 14.8 Å². The normalized spacial score (nSPS) is 19.9. The van der Waals surface area contributed by atoms with E-state index in [-0.39, 0.29) is 24.6 Å². The molecule has 1 N–H and O–H groups in total. The molecule has 0 bridgehead atoms. The van der Waals surface area contributed by atoms with E-state index in [4.69, 9.17) is 9.47 Å². The third-order valence-electron chi connectivity index (χ3n) is 4.12. The first kappa shape index (κ1) is 18.3. The van der Waals surface area contributed by atoms with Crippen LogP contribution >= 0.6 is 0 Å². The Morgan fingerprint density at radius 1 is 1.27 bits per heavy atom. The number of nitrogens with one attached hydrogen (secondary N) is 1. The monoisotopic (exact) mass is 356 g/mol. The summed E-state index contributed by atoms with van der Waals surface area (Å²) in [6.07, 6.45) is 4.01. The molecule has 3 heterocycles. The maximum Gasteiger partial charge on any atom is 0.234 e. The molecule has 138 valence electrons. The van der Waals surface area contributed by atoms with Gasteiger partial charge in [0.15, 0.2) is 0 Å². The lowest BCUT2D eigenvalue weighted by molar-refractivity contribution is -0.125. The lowest BCUT2D eigenvalue weighted by Crippen LogP contribution is -2.53. The smallest absolute Gasteiger partial charge is 0.234 e. The van der Waals surface area contributed by atoms with E-state index in [1.807, 2.05) is 48.3 Å². The van der Waals surface area contributed by atoms with E-state index >= 15 is 0 Å². The molecule has 3 rings (SSSR count). The quantitative estimate of drug-likeness (QED) is 0.805. The fourth-order valence-corrected chi connectivity index (χ4v) is 2.89. The first-order chi connectivity index (χ1) is 12.7. The topological polar surface area (TPSA) is 76.6 Å². The Kier molecular flexibility index (Phi) is 6.51. The number of hydrogen-bond acceptors (Lipinski definition) is 6. The van der Waals surface area contributed by atoms with Gasteiger partial charge in [-0.05, 0) is 25.2 Å². The maximum atomic E-state index is 12.4. The van der Waals surface area contributed by atoms with Crippen LogP contribution in [0.2, 0.25) is 0 Å². The highest BCUT2D eigenvalue weighted by atomic mass is 16.5. The van der Waals surface area contributed by atoms with Crippen molar-refractivity contribution in [1.82, 2.24) is 20.2 Å². The lowest BCUT2D eigenvalue weighted by atomic mass is 10.1. The van der Waals surface area contributed by atoms with E-state index in [2.05, 4.69) is 15.3 Å². The van der Waals surface area contributed by atoms with Gasteiger partial charge in [-0.25, -0.2) is 4.98 Å². The standard InChI is InChI=1S/C19H24N4O3/c1-23(12-15-6-2-4-9-20-15)13-18(24)22-16-14-25-11-8-17(16)26-19-7-3-5-10-21-19/h2-7,9-10,16-17H,8,11-14H2,1H3,(H,22,24)/t16-,17-/m1/s1. The number of carbonyl (C=O) groups is 1. The van der Waals surface area contributed by atoms with Gasteiger partial charge in [0, 0.05) is 31.4 Å². The van der Waals surface area contributed by atoms with Crippen molar-refractivity contribution in [2.45, 2.75) is 25.1 Å². The minimum absolute atomic E-state index is 0.0615. The summed E-state index contributed by atoms with van der Waals surface area (Å²) in [6, 6.07) is 11.1. The highest BCUT2D eigenvalue weighted by molar-refractivity contribution is 5.78. The number of amides is 1. The second kappa shape index (κ2) is 9.26. The molecule has 1 aliphatic rings. The molecule has 0 saturated carbocycles. The van der Waals surface area contributed by atoms with Crippen molar-refractivity contribution < 1.29 is 14.3 Å². The molecule has 0 spiro atoms. The van der Waals surface area contributed by atoms with Gasteiger partial charge in [0.25, 0.3) is 0 Å². The second-order valence-corrected chi connectivity index (χ2v) is 6.36. The zero-order valence-corrected chi connectivity index (χ0v) is 14.9. The average molecular weight is 356 g/mol. The number of hydrogen-bond donors (Lipinski definition) is 1. The second-order valence-electron chi connectivity index (χ2n) is 6.36. The van der Waals surface area contributed by atoms with E-state index in [0.717, 1.165) is 5.69 Å². The summed E-state index contributed by atoms with van der Waals surface area (Å²) in [5.41, 5.74) is 0.931. The van der Waals surface area contributed by atoms with Crippen molar-refractivity contribution in [2.75, 3.05) is 26.8 Å². The third kappa shape index (κ3) is 5.50. The van der Waals surface area contributed by atoms with E-state index in [0.29, 0.717) is 32.1 Å². The van der Waals surface area contributed by atoms with Crippen molar-refractivity contribution in [1.29, 1.82) is 0 Å². The van der Waals surface area contributed by atoms with Crippen LogP contribution < -0.4 is 10.1 Å². The van der Waals surface area contributed by atoms with Crippen LogP contribution in [0.1, 0.15) is 12.1 Å². The highest BCUT2D eigenvalue weighted by Gasteiger charge is 2.29. The van der Waals surface area contributed by atoms with E-state index in [9.17, 15) is 4.79 Å². The molecular formula is C19H24N4O3. The Morgan fingerprint density at radius 2 is 2.08 bits per heavy atom. The van der Waals surface area contributed by atoms with Gasteiger partial charge in [0.05, 0.1) is 31.5 Å². The Labute approximate surface area is 153 Å². The van der Waals surface area contributed by atoms with Crippen molar-refractivity contribution >= 4 is 5.91 Å². The Morgan fingerprint density at radius 3 is 2.81 bits per heavy atom. The number of carbonyl (C=O) groups excluding carboxylic acids is 1. The van der Waals surface area contributed by atoms with Crippen molar-refractivity contribution in [3.8, 4) is 5.88 Å². The van der Waals surface area contributed by atoms with Gasteiger partial charge in [-0.2, -0.15) is 0 Å². The fourth-order valence-electron chi connectivity index (χ4n) is 2.89. The Balaban J connectivity index is 1.51. The molecule has 7 nitrogen and oxygen atoms in total. The average Bonchev–Trinajstić information content (AvgIpc) is 2.65. The molecule has 26 heavy (non-hydrogen) atoms. The molecule has 7 heteroatoms. The molecular weight excluding hydrogens is 332 g/mol. The SMILES string of the molecule is CN(CC(=O)N[C@@H]1COCC[C@H]1Oc1ccccn1)Cc1ccccn1. The molecule has 1 fully saturated rings. The molecule has 2 atom stereocenters. The van der Waals surface area contributed by atoms with Crippen LogP contribution in [0.4, 0.5) is 0 Å². The number of rotatable bonds is 7. The van der Waals surface area contributed by atoms with Crippen molar-refractivity contribution in [3.63, 3.8) is 0 Å². The number of ether oxygens (including phenoxy) is 2. The molecule has 0 radical (unpaired) electrons. The summed E-state index contributed by atoms with van der Waals surface area (Å²) in [4.78, 5) is 22.8. The molecule has 1 amide bonds. The van der Waals surface area contributed by atoms with Gasteiger partial charge in [0.2, 0.25) is 11.8 Å². The van der Waals surface area contributed by atoms with E-state index in [1.165, 1.54) is 0 Å². The van der Waals surface area contributed by atoms with Gasteiger partial charge in [-0.15, -0.1) is 0 Å². The van der Waals surface area contributed by atoms with Gasteiger partial charge >= 0.3 is 0 Å². The summed E-state index contributed by atoms with van der Waals surface area (Å²) >= 11 is 0. The molecule has 1 aliphatic heterocycles. The molecule has 2 aromatic heterocycles. The predicted molar refractivity (Wildman–Crippen MR) is 96.6 cm³/mol. The molecule has 0 aliphatic carbocycles. The zero-order valence-electron chi connectivity index (χ0n) is 14.9. The maximum absolute atomic E-state index is 12.4.